The van der Waals surface area contributed by atoms with E-state index >= 15 is 0 Å². The van der Waals surface area contributed by atoms with Gasteiger partial charge in [0, 0.05) is 6.54 Å². The van der Waals surface area contributed by atoms with Crippen LogP contribution in [0.2, 0.25) is 0 Å². The topological polar surface area (TPSA) is 67.4 Å². The van der Waals surface area contributed by atoms with Gasteiger partial charge in [-0.15, -0.1) is 0 Å². The molecule has 0 bridgehead atoms. The first-order chi connectivity index (χ1) is 19.1. The standard InChI is InChI=1S/C31H31F3N2O3S/c1-23-16-18-24(19-17-23)22-39-21-20-35-29(25-10-4-2-5-11-25)30(26-12-6-3-7-13-26)36-40(37,38)28-15-9-8-14-27(28)31(32,33)34/h2-19,29-30,35-36H,20-22H2,1H3/t29-,30?/m1/s1. The van der Waals surface area contributed by atoms with E-state index in [-0.39, 0.29) is 0 Å². The molecule has 5 nitrogen and oxygen atoms in total. The lowest BCUT2D eigenvalue weighted by molar-refractivity contribution is -0.139. The predicted octanol–water partition coefficient (Wildman–Crippen LogP) is 6.58. The highest BCUT2D eigenvalue weighted by molar-refractivity contribution is 7.89. The van der Waals surface area contributed by atoms with Crippen molar-refractivity contribution >= 4 is 10.0 Å². The number of aryl methyl sites for hydroxylation is 1. The molecule has 9 heteroatoms. The highest BCUT2D eigenvalue weighted by Gasteiger charge is 2.38. The monoisotopic (exact) mass is 568 g/mol. The third-order valence-corrected chi connectivity index (χ3v) is 7.91. The maximum absolute atomic E-state index is 13.7. The first kappa shape index (κ1) is 29.5. The van der Waals surface area contributed by atoms with Crippen molar-refractivity contribution in [2.75, 3.05) is 13.2 Å². The summed E-state index contributed by atoms with van der Waals surface area (Å²) in [6.07, 6.45) is -4.83. The average Bonchev–Trinajstić information content (AvgIpc) is 2.95. The molecular weight excluding hydrogens is 537 g/mol. The minimum Gasteiger partial charge on any atom is -0.375 e. The quantitative estimate of drug-likeness (QED) is 0.190. The van der Waals surface area contributed by atoms with Crippen LogP contribution >= 0.6 is 0 Å². The first-order valence-electron chi connectivity index (χ1n) is 12.8. The van der Waals surface area contributed by atoms with Crippen molar-refractivity contribution in [3.63, 3.8) is 0 Å². The molecule has 2 atom stereocenters. The van der Waals surface area contributed by atoms with Crippen molar-refractivity contribution in [1.29, 1.82) is 0 Å². The van der Waals surface area contributed by atoms with Gasteiger partial charge in [-0.1, -0.05) is 103 Å². The van der Waals surface area contributed by atoms with E-state index in [4.69, 9.17) is 4.74 Å². The van der Waals surface area contributed by atoms with Gasteiger partial charge in [0.25, 0.3) is 0 Å². The molecule has 40 heavy (non-hydrogen) atoms. The SMILES string of the molecule is Cc1ccc(COCCN[C@H](c2ccccc2)C(NS(=O)(=O)c2ccccc2C(F)(F)F)c2ccccc2)cc1. The summed E-state index contributed by atoms with van der Waals surface area (Å²) < 4.78 is 76.6. The molecule has 0 aliphatic carbocycles. The van der Waals surface area contributed by atoms with E-state index in [1.54, 1.807) is 30.3 Å². The number of alkyl halides is 3. The summed E-state index contributed by atoms with van der Waals surface area (Å²) in [5, 5.41) is 3.37. The van der Waals surface area contributed by atoms with Crippen LogP contribution in [0.25, 0.3) is 0 Å². The zero-order valence-electron chi connectivity index (χ0n) is 21.9. The molecule has 0 heterocycles. The zero-order valence-corrected chi connectivity index (χ0v) is 22.8. The maximum Gasteiger partial charge on any atom is 0.417 e. The number of sulfonamides is 1. The fourth-order valence-corrected chi connectivity index (χ4v) is 5.87. The predicted molar refractivity (Wildman–Crippen MR) is 149 cm³/mol. The van der Waals surface area contributed by atoms with Gasteiger partial charge < -0.3 is 10.1 Å². The van der Waals surface area contributed by atoms with Crippen molar-refractivity contribution in [1.82, 2.24) is 10.0 Å². The molecule has 0 spiro atoms. The number of nitrogens with one attached hydrogen (secondary N) is 2. The molecule has 4 aromatic carbocycles. The summed E-state index contributed by atoms with van der Waals surface area (Å²) in [6, 6.07) is 28.6. The van der Waals surface area contributed by atoms with E-state index in [9.17, 15) is 21.6 Å². The number of hydrogen-bond donors (Lipinski definition) is 2. The van der Waals surface area contributed by atoms with Crippen LogP contribution < -0.4 is 10.0 Å². The second-order valence-electron chi connectivity index (χ2n) is 9.38. The zero-order chi connectivity index (χ0) is 28.6. The number of benzene rings is 4. The van der Waals surface area contributed by atoms with Crippen molar-refractivity contribution in [3.8, 4) is 0 Å². The van der Waals surface area contributed by atoms with Crippen LogP contribution in [-0.2, 0) is 27.5 Å². The molecule has 4 rings (SSSR count). The van der Waals surface area contributed by atoms with Crippen LogP contribution in [-0.4, -0.2) is 21.6 Å². The normalized spacial score (nSPS) is 13.6. The number of hydrogen-bond acceptors (Lipinski definition) is 4. The van der Waals surface area contributed by atoms with Crippen LogP contribution in [0.15, 0.2) is 114 Å². The fourth-order valence-electron chi connectivity index (χ4n) is 4.40. The van der Waals surface area contributed by atoms with Crippen LogP contribution in [0.5, 0.6) is 0 Å². The molecule has 0 aromatic heterocycles. The molecule has 2 N–H and O–H groups in total. The number of halogens is 3. The summed E-state index contributed by atoms with van der Waals surface area (Å²) in [4.78, 5) is -0.823. The smallest absolute Gasteiger partial charge is 0.375 e. The summed E-state index contributed by atoms with van der Waals surface area (Å²) in [5.74, 6) is 0. The van der Waals surface area contributed by atoms with Gasteiger partial charge in [-0.05, 0) is 35.7 Å². The molecule has 0 amide bonds. The Balaban J connectivity index is 1.61. The molecule has 0 saturated heterocycles. The lowest BCUT2D eigenvalue weighted by Gasteiger charge is -2.30. The molecule has 0 aliphatic heterocycles. The Bertz CT molecular complexity index is 1460. The minimum absolute atomic E-state index is 0.336. The van der Waals surface area contributed by atoms with Crippen molar-refractivity contribution in [3.05, 3.63) is 137 Å². The summed E-state index contributed by atoms with van der Waals surface area (Å²) >= 11 is 0. The van der Waals surface area contributed by atoms with E-state index in [2.05, 4.69) is 10.0 Å². The molecular formula is C31H31F3N2O3S. The molecule has 0 saturated carbocycles. The Hall–Kier alpha value is -3.50. The Morgan fingerprint density at radius 1 is 0.750 bits per heavy atom. The maximum atomic E-state index is 13.7. The lowest BCUT2D eigenvalue weighted by Crippen LogP contribution is -2.40. The summed E-state index contributed by atoms with van der Waals surface area (Å²) in [6.45, 7) is 3.14. The van der Waals surface area contributed by atoms with Crippen molar-refractivity contribution in [2.45, 2.75) is 36.7 Å². The van der Waals surface area contributed by atoms with E-state index < -0.39 is 38.7 Å². The van der Waals surface area contributed by atoms with Gasteiger partial charge in [0.05, 0.1) is 35.8 Å². The van der Waals surface area contributed by atoms with E-state index in [1.807, 2.05) is 61.5 Å². The number of rotatable bonds is 12. The van der Waals surface area contributed by atoms with Gasteiger partial charge in [0.15, 0.2) is 0 Å². The molecule has 210 valence electrons. The Morgan fingerprint density at radius 3 is 1.90 bits per heavy atom. The highest BCUT2D eigenvalue weighted by atomic mass is 32.2. The second-order valence-corrected chi connectivity index (χ2v) is 11.1. The van der Waals surface area contributed by atoms with Gasteiger partial charge in [-0.2, -0.15) is 13.2 Å². The average molecular weight is 569 g/mol. The summed E-state index contributed by atoms with van der Waals surface area (Å²) in [7, 11) is -4.59. The molecule has 0 fully saturated rings. The molecule has 1 unspecified atom stereocenters. The highest BCUT2D eigenvalue weighted by Crippen LogP contribution is 2.36. The van der Waals surface area contributed by atoms with Crippen LogP contribution in [0.1, 0.15) is 39.9 Å². The third-order valence-electron chi connectivity index (χ3n) is 6.41. The lowest BCUT2D eigenvalue weighted by atomic mass is 9.94. The molecule has 0 aliphatic rings. The minimum atomic E-state index is -4.83. The summed E-state index contributed by atoms with van der Waals surface area (Å²) in [5.41, 5.74) is 2.33. The van der Waals surface area contributed by atoms with Crippen LogP contribution in [0, 0.1) is 6.92 Å². The molecule has 0 radical (unpaired) electrons. The first-order valence-corrected chi connectivity index (χ1v) is 14.3. The Labute approximate surface area is 233 Å². The van der Waals surface area contributed by atoms with Crippen molar-refractivity contribution < 1.29 is 26.3 Å². The fraction of sp³-hybridized carbons (Fsp3) is 0.226. The third kappa shape index (κ3) is 7.79. The largest absolute Gasteiger partial charge is 0.417 e. The Kier molecular flexibility index (Phi) is 9.76. The van der Waals surface area contributed by atoms with Gasteiger partial charge in [0.2, 0.25) is 10.0 Å². The van der Waals surface area contributed by atoms with E-state index in [0.717, 1.165) is 28.8 Å². The number of ether oxygens (including phenoxy) is 1. The van der Waals surface area contributed by atoms with E-state index in [0.29, 0.717) is 25.3 Å². The van der Waals surface area contributed by atoms with Gasteiger partial charge in [-0.25, -0.2) is 13.1 Å². The van der Waals surface area contributed by atoms with Crippen LogP contribution in [0.3, 0.4) is 0 Å². The van der Waals surface area contributed by atoms with Gasteiger partial charge in [-0.3, -0.25) is 0 Å². The second kappa shape index (κ2) is 13.2. The molecule has 4 aromatic rings. The van der Waals surface area contributed by atoms with Gasteiger partial charge >= 0.3 is 6.18 Å². The van der Waals surface area contributed by atoms with Crippen molar-refractivity contribution in [2.24, 2.45) is 0 Å². The van der Waals surface area contributed by atoms with E-state index in [1.165, 1.54) is 12.1 Å². The van der Waals surface area contributed by atoms with Gasteiger partial charge in [0.1, 0.15) is 0 Å². The Morgan fingerprint density at radius 2 is 1.30 bits per heavy atom. The van der Waals surface area contributed by atoms with Crippen LogP contribution in [0.4, 0.5) is 13.2 Å².